The number of hydrazone groups is 1. The van der Waals surface area contributed by atoms with Gasteiger partial charge in [-0.1, -0.05) is 74.5 Å². The molecule has 6 heteroatoms. The molecular formula is C26H29N5O. The Morgan fingerprint density at radius 2 is 1.53 bits per heavy atom. The zero-order chi connectivity index (χ0) is 22.8. The predicted octanol–water partition coefficient (Wildman–Crippen LogP) is 4.51. The first-order valence-electron chi connectivity index (χ1n) is 10.7. The van der Waals surface area contributed by atoms with Crippen molar-refractivity contribution in [3.8, 4) is 5.75 Å². The molecule has 0 atom stereocenters. The van der Waals surface area contributed by atoms with Crippen LogP contribution in [0.1, 0.15) is 36.2 Å². The summed E-state index contributed by atoms with van der Waals surface area (Å²) in [6.45, 7) is 4.44. The van der Waals surface area contributed by atoms with E-state index < -0.39 is 0 Å². The van der Waals surface area contributed by atoms with E-state index >= 15 is 0 Å². The largest absolute Gasteiger partial charge is 0.487 e. The smallest absolute Gasteiger partial charge is 0.166 e. The van der Waals surface area contributed by atoms with Crippen molar-refractivity contribution in [2.24, 2.45) is 16.8 Å². The quantitative estimate of drug-likeness (QED) is 0.182. The van der Waals surface area contributed by atoms with E-state index in [0.29, 0.717) is 12.4 Å². The number of rotatable bonds is 6. The van der Waals surface area contributed by atoms with E-state index in [-0.39, 0.29) is 0 Å². The van der Waals surface area contributed by atoms with Gasteiger partial charge in [-0.05, 0) is 41.8 Å². The van der Waals surface area contributed by atoms with Crippen LogP contribution in [0.4, 0.5) is 0 Å². The zero-order valence-electron chi connectivity index (χ0n) is 18.5. The number of nitrogens with one attached hydrogen (secondary N) is 1. The summed E-state index contributed by atoms with van der Waals surface area (Å²) in [7, 11) is 0. The lowest BCUT2D eigenvalue weighted by Crippen LogP contribution is -2.31. The fourth-order valence-corrected chi connectivity index (χ4v) is 3.26. The van der Waals surface area contributed by atoms with Gasteiger partial charge in [-0.25, -0.2) is 10.8 Å². The molecule has 32 heavy (non-hydrogen) atoms. The van der Waals surface area contributed by atoms with Crippen molar-refractivity contribution in [2.45, 2.75) is 26.9 Å². The van der Waals surface area contributed by atoms with Gasteiger partial charge >= 0.3 is 0 Å². The highest BCUT2D eigenvalue weighted by atomic mass is 16.5. The number of hydrogen-bond donors (Lipinski definition) is 3. The number of hydrogen-bond acceptors (Lipinski definition) is 5. The summed E-state index contributed by atoms with van der Waals surface area (Å²) >= 11 is 0. The van der Waals surface area contributed by atoms with Gasteiger partial charge in [-0.2, -0.15) is 5.10 Å². The van der Waals surface area contributed by atoms with Crippen LogP contribution in [-0.4, -0.2) is 10.8 Å². The molecule has 1 heterocycles. The SMILES string of the molecule is CC.N/N=C(\NN)c1ccc(Cc2ccc(OCc3ccc4ccccc4n3)cc2)cc1. The molecule has 3 aromatic carbocycles. The van der Waals surface area contributed by atoms with Crippen molar-refractivity contribution in [2.75, 3.05) is 0 Å². The first kappa shape index (κ1) is 22.8. The van der Waals surface area contributed by atoms with E-state index in [0.717, 1.165) is 34.3 Å². The molecule has 1 aromatic heterocycles. The Labute approximate surface area is 188 Å². The second kappa shape index (κ2) is 11.5. The monoisotopic (exact) mass is 427 g/mol. The summed E-state index contributed by atoms with van der Waals surface area (Å²) in [6.07, 6.45) is 0.817. The normalized spacial score (nSPS) is 10.9. The van der Waals surface area contributed by atoms with Crippen LogP contribution in [0, 0.1) is 0 Å². The molecule has 6 nitrogen and oxygen atoms in total. The zero-order valence-corrected chi connectivity index (χ0v) is 18.5. The van der Waals surface area contributed by atoms with Gasteiger partial charge in [0.15, 0.2) is 5.84 Å². The fourth-order valence-electron chi connectivity index (χ4n) is 3.26. The van der Waals surface area contributed by atoms with Crippen molar-refractivity contribution >= 4 is 16.7 Å². The minimum absolute atomic E-state index is 0.436. The molecule has 0 fully saturated rings. The summed E-state index contributed by atoms with van der Waals surface area (Å²) in [6, 6.07) is 28.2. The molecular weight excluding hydrogens is 398 g/mol. The average molecular weight is 428 g/mol. The maximum absolute atomic E-state index is 5.91. The molecule has 0 saturated heterocycles. The first-order chi connectivity index (χ1) is 15.7. The molecule has 0 bridgehead atoms. The average Bonchev–Trinajstić information content (AvgIpc) is 2.86. The Morgan fingerprint density at radius 3 is 2.19 bits per heavy atom. The van der Waals surface area contributed by atoms with Gasteiger partial charge in [-0.3, -0.25) is 0 Å². The molecule has 164 valence electrons. The number of benzene rings is 3. The Kier molecular flexibility index (Phi) is 8.17. The van der Waals surface area contributed by atoms with Crippen LogP contribution in [0.2, 0.25) is 0 Å². The number of nitrogens with two attached hydrogens (primary N) is 2. The van der Waals surface area contributed by atoms with Gasteiger partial charge < -0.3 is 16.0 Å². The molecule has 0 aliphatic heterocycles. The molecule has 0 spiro atoms. The number of hydrazine groups is 1. The maximum Gasteiger partial charge on any atom is 0.166 e. The Hall–Kier alpha value is -3.90. The van der Waals surface area contributed by atoms with Gasteiger partial charge in [0.25, 0.3) is 0 Å². The standard InChI is InChI=1S/C24H23N5O.C2H6/c25-28-24(29-26)20-9-5-17(6-10-20)15-18-7-13-22(14-8-18)30-16-21-12-11-19-3-1-2-4-23(19)27-21;1-2/h1-14H,15-16,25-26H2,(H,28,29);1-2H3. The van der Waals surface area contributed by atoms with E-state index in [1.165, 1.54) is 11.1 Å². The highest BCUT2D eigenvalue weighted by Crippen LogP contribution is 2.18. The molecule has 0 amide bonds. The van der Waals surface area contributed by atoms with Crippen LogP contribution in [-0.2, 0) is 13.0 Å². The van der Waals surface area contributed by atoms with Crippen molar-refractivity contribution < 1.29 is 4.74 Å². The summed E-state index contributed by atoms with van der Waals surface area (Å²) in [5, 5.41) is 4.75. The van der Waals surface area contributed by atoms with E-state index in [2.05, 4.69) is 39.8 Å². The minimum atomic E-state index is 0.436. The topological polar surface area (TPSA) is 98.5 Å². The van der Waals surface area contributed by atoms with E-state index in [9.17, 15) is 0 Å². The number of fused-ring (bicyclic) bond motifs is 1. The second-order valence-electron chi connectivity index (χ2n) is 6.92. The first-order valence-corrected chi connectivity index (χ1v) is 10.7. The van der Waals surface area contributed by atoms with Crippen LogP contribution in [0.5, 0.6) is 5.75 Å². The number of aromatic nitrogens is 1. The highest BCUT2D eigenvalue weighted by molar-refractivity contribution is 5.98. The summed E-state index contributed by atoms with van der Waals surface area (Å²) in [5.41, 5.74) is 7.59. The molecule has 0 unspecified atom stereocenters. The molecule has 0 aliphatic rings. The fraction of sp³-hybridized carbons (Fsp3) is 0.154. The van der Waals surface area contributed by atoms with Crippen molar-refractivity contribution in [3.63, 3.8) is 0 Å². The maximum atomic E-state index is 5.91. The summed E-state index contributed by atoms with van der Waals surface area (Å²) in [5.74, 6) is 12.0. The molecule has 4 aromatic rings. The predicted molar refractivity (Wildman–Crippen MR) is 131 cm³/mol. The molecule has 4 rings (SSSR count). The third kappa shape index (κ3) is 5.83. The van der Waals surface area contributed by atoms with Gasteiger partial charge in [0.2, 0.25) is 0 Å². The van der Waals surface area contributed by atoms with Gasteiger partial charge in [0.1, 0.15) is 12.4 Å². The van der Waals surface area contributed by atoms with Gasteiger partial charge in [-0.15, -0.1) is 0 Å². The van der Waals surface area contributed by atoms with Crippen molar-refractivity contribution in [1.82, 2.24) is 10.4 Å². The van der Waals surface area contributed by atoms with Crippen LogP contribution in [0.3, 0.4) is 0 Å². The lowest BCUT2D eigenvalue weighted by molar-refractivity contribution is 0.301. The van der Waals surface area contributed by atoms with E-state index in [1.54, 1.807) is 0 Å². The van der Waals surface area contributed by atoms with E-state index in [1.807, 2.05) is 74.5 Å². The van der Waals surface area contributed by atoms with Crippen LogP contribution in [0.15, 0.2) is 90.0 Å². The summed E-state index contributed by atoms with van der Waals surface area (Å²) < 4.78 is 5.91. The summed E-state index contributed by atoms with van der Waals surface area (Å²) in [4.78, 5) is 4.64. The Bertz CT molecular complexity index is 1150. The van der Waals surface area contributed by atoms with Crippen molar-refractivity contribution in [1.29, 1.82) is 0 Å². The van der Waals surface area contributed by atoms with Crippen LogP contribution >= 0.6 is 0 Å². The minimum Gasteiger partial charge on any atom is -0.487 e. The van der Waals surface area contributed by atoms with E-state index in [4.69, 9.17) is 16.4 Å². The van der Waals surface area contributed by atoms with Gasteiger partial charge in [0.05, 0.1) is 11.2 Å². The lowest BCUT2D eigenvalue weighted by atomic mass is 10.0. The number of nitrogens with zero attached hydrogens (tertiary/aromatic N) is 2. The van der Waals surface area contributed by atoms with Crippen LogP contribution in [0.25, 0.3) is 10.9 Å². The Morgan fingerprint density at radius 1 is 0.875 bits per heavy atom. The second-order valence-corrected chi connectivity index (χ2v) is 6.92. The number of pyridine rings is 1. The lowest BCUT2D eigenvalue weighted by Gasteiger charge is -2.09. The molecule has 5 N–H and O–H groups in total. The highest BCUT2D eigenvalue weighted by Gasteiger charge is 2.04. The van der Waals surface area contributed by atoms with Crippen molar-refractivity contribution in [3.05, 3.63) is 107 Å². The molecule has 0 saturated carbocycles. The molecule has 0 radical (unpaired) electrons. The third-order valence-electron chi connectivity index (χ3n) is 4.87. The van der Waals surface area contributed by atoms with Crippen LogP contribution < -0.4 is 21.8 Å². The third-order valence-corrected chi connectivity index (χ3v) is 4.87. The number of amidine groups is 1. The number of ether oxygens (including phenoxy) is 1. The Balaban J connectivity index is 0.00000141. The number of para-hydroxylation sites is 1. The molecule has 0 aliphatic carbocycles. The van der Waals surface area contributed by atoms with Gasteiger partial charge in [0, 0.05) is 10.9 Å².